The van der Waals surface area contributed by atoms with Gasteiger partial charge in [-0.05, 0) is 23.8 Å². The third-order valence-corrected chi connectivity index (χ3v) is 3.90. The van der Waals surface area contributed by atoms with Crippen molar-refractivity contribution in [2.75, 3.05) is 6.54 Å². The first kappa shape index (κ1) is 19.6. The zero-order valence-corrected chi connectivity index (χ0v) is 15.0. The molecule has 128 valence electrons. The quantitative estimate of drug-likeness (QED) is 0.756. The molecule has 0 aliphatic heterocycles. The van der Waals surface area contributed by atoms with E-state index in [-0.39, 0.29) is 24.4 Å². The normalized spacial score (nSPS) is 12.0. The van der Waals surface area contributed by atoms with Crippen molar-refractivity contribution in [3.05, 3.63) is 22.7 Å². The molecule has 0 aromatic carbocycles. The number of hydrogen-bond acceptors (Lipinski definition) is 6. The highest BCUT2D eigenvalue weighted by atomic mass is 35.5. The standard InChI is InChI=1S/C15H22N4O2S.ClH/c1-10(2)7-12(8-16)17-13(20)3-4-14-18-15(19-21-14)11-5-6-22-9-11;/h5-6,9-10,12H,3-4,7-8,16H2,1-2H3,(H,17,20);1H. The van der Waals surface area contributed by atoms with Crippen molar-refractivity contribution in [2.45, 2.75) is 39.2 Å². The van der Waals surface area contributed by atoms with Gasteiger partial charge in [-0.1, -0.05) is 19.0 Å². The Bertz CT molecular complexity index is 586. The summed E-state index contributed by atoms with van der Waals surface area (Å²) in [5, 5.41) is 10.8. The Labute approximate surface area is 146 Å². The van der Waals surface area contributed by atoms with Crippen LogP contribution in [0.5, 0.6) is 0 Å². The summed E-state index contributed by atoms with van der Waals surface area (Å²) in [6.45, 7) is 4.67. The van der Waals surface area contributed by atoms with Crippen LogP contribution in [0.1, 0.15) is 32.6 Å². The molecule has 0 saturated carbocycles. The molecule has 3 N–H and O–H groups in total. The van der Waals surface area contributed by atoms with E-state index in [2.05, 4.69) is 29.3 Å². The molecule has 1 amide bonds. The van der Waals surface area contributed by atoms with E-state index in [9.17, 15) is 4.79 Å². The molecule has 1 atom stereocenters. The summed E-state index contributed by atoms with van der Waals surface area (Å²) in [4.78, 5) is 16.2. The minimum absolute atomic E-state index is 0. The SMILES string of the molecule is CC(C)CC(CN)NC(=O)CCc1nc(-c2ccsc2)no1.Cl. The van der Waals surface area contributed by atoms with E-state index in [0.717, 1.165) is 12.0 Å². The van der Waals surface area contributed by atoms with Gasteiger partial charge in [-0.2, -0.15) is 16.3 Å². The Balaban J connectivity index is 0.00000264. The van der Waals surface area contributed by atoms with Crippen LogP contribution in [0.15, 0.2) is 21.3 Å². The zero-order valence-electron chi connectivity index (χ0n) is 13.3. The topological polar surface area (TPSA) is 94.0 Å². The predicted molar refractivity (Wildman–Crippen MR) is 93.6 cm³/mol. The summed E-state index contributed by atoms with van der Waals surface area (Å²) in [6, 6.07) is 1.96. The van der Waals surface area contributed by atoms with Crippen LogP contribution in [0.25, 0.3) is 11.4 Å². The summed E-state index contributed by atoms with van der Waals surface area (Å²) in [6.07, 6.45) is 1.63. The van der Waals surface area contributed by atoms with Gasteiger partial charge in [0.15, 0.2) is 0 Å². The molecule has 2 rings (SSSR count). The fourth-order valence-electron chi connectivity index (χ4n) is 2.17. The van der Waals surface area contributed by atoms with Gasteiger partial charge in [0.25, 0.3) is 0 Å². The van der Waals surface area contributed by atoms with E-state index in [1.807, 2.05) is 16.8 Å². The second-order valence-electron chi connectivity index (χ2n) is 5.65. The third-order valence-electron chi connectivity index (χ3n) is 3.22. The molecule has 0 spiro atoms. The highest BCUT2D eigenvalue weighted by molar-refractivity contribution is 7.08. The molecule has 0 fully saturated rings. The minimum atomic E-state index is -0.0358. The fourth-order valence-corrected chi connectivity index (χ4v) is 2.80. The lowest BCUT2D eigenvalue weighted by Gasteiger charge is -2.18. The number of hydrogen-bond donors (Lipinski definition) is 2. The number of halogens is 1. The van der Waals surface area contributed by atoms with E-state index < -0.39 is 0 Å². The number of rotatable bonds is 8. The second-order valence-corrected chi connectivity index (χ2v) is 6.43. The lowest BCUT2D eigenvalue weighted by atomic mass is 10.0. The van der Waals surface area contributed by atoms with Gasteiger partial charge in [0.1, 0.15) is 0 Å². The van der Waals surface area contributed by atoms with Crippen LogP contribution in [0.4, 0.5) is 0 Å². The Morgan fingerprint density at radius 2 is 2.26 bits per heavy atom. The maximum Gasteiger partial charge on any atom is 0.227 e. The molecule has 2 heterocycles. The molecule has 0 aliphatic carbocycles. The number of amides is 1. The van der Waals surface area contributed by atoms with Crippen LogP contribution < -0.4 is 11.1 Å². The van der Waals surface area contributed by atoms with Gasteiger partial charge in [0, 0.05) is 36.4 Å². The Kier molecular flexibility index (Phi) is 8.22. The van der Waals surface area contributed by atoms with Crippen LogP contribution in [-0.4, -0.2) is 28.6 Å². The van der Waals surface area contributed by atoms with E-state index >= 15 is 0 Å². The van der Waals surface area contributed by atoms with Crippen molar-refractivity contribution in [1.82, 2.24) is 15.5 Å². The Morgan fingerprint density at radius 3 is 2.87 bits per heavy atom. The van der Waals surface area contributed by atoms with Gasteiger partial charge in [0.05, 0.1) is 0 Å². The lowest BCUT2D eigenvalue weighted by Crippen LogP contribution is -2.41. The number of nitrogens with one attached hydrogen (secondary N) is 1. The molecule has 2 aromatic heterocycles. The number of nitrogens with two attached hydrogens (primary N) is 1. The van der Waals surface area contributed by atoms with Crippen molar-refractivity contribution in [1.29, 1.82) is 0 Å². The maximum atomic E-state index is 11.9. The molecular weight excluding hydrogens is 336 g/mol. The summed E-state index contributed by atoms with van der Waals surface area (Å²) < 4.78 is 5.17. The highest BCUT2D eigenvalue weighted by Crippen LogP contribution is 2.18. The number of carbonyl (C=O) groups is 1. The summed E-state index contributed by atoms with van der Waals surface area (Å²) >= 11 is 1.58. The lowest BCUT2D eigenvalue weighted by molar-refractivity contribution is -0.121. The van der Waals surface area contributed by atoms with Gasteiger partial charge >= 0.3 is 0 Å². The van der Waals surface area contributed by atoms with Crippen LogP contribution >= 0.6 is 23.7 Å². The van der Waals surface area contributed by atoms with Crippen molar-refractivity contribution in [3.8, 4) is 11.4 Å². The molecule has 0 saturated heterocycles. The predicted octanol–water partition coefficient (Wildman–Crippen LogP) is 2.64. The first-order valence-electron chi connectivity index (χ1n) is 7.43. The second kappa shape index (κ2) is 9.64. The molecule has 23 heavy (non-hydrogen) atoms. The number of aromatic nitrogens is 2. The van der Waals surface area contributed by atoms with Crippen molar-refractivity contribution in [2.24, 2.45) is 11.7 Å². The van der Waals surface area contributed by atoms with Crippen LogP contribution in [0.2, 0.25) is 0 Å². The molecule has 2 aromatic rings. The number of carbonyl (C=O) groups excluding carboxylic acids is 1. The number of nitrogens with zero attached hydrogens (tertiary/aromatic N) is 2. The van der Waals surface area contributed by atoms with Crippen molar-refractivity contribution < 1.29 is 9.32 Å². The molecule has 0 bridgehead atoms. The molecule has 1 unspecified atom stereocenters. The Morgan fingerprint density at radius 1 is 1.48 bits per heavy atom. The maximum absolute atomic E-state index is 11.9. The molecule has 0 aliphatic rings. The summed E-state index contributed by atoms with van der Waals surface area (Å²) in [7, 11) is 0. The zero-order chi connectivity index (χ0) is 15.9. The smallest absolute Gasteiger partial charge is 0.227 e. The molecule has 6 nitrogen and oxygen atoms in total. The third kappa shape index (κ3) is 6.29. The van der Waals surface area contributed by atoms with E-state index in [1.54, 1.807) is 11.3 Å². The number of thiophene rings is 1. The van der Waals surface area contributed by atoms with Gasteiger partial charge in [0.2, 0.25) is 17.6 Å². The van der Waals surface area contributed by atoms with E-state index in [4.69, 9.17) is 10.3 Å². The van der Waals surface area contributed by atoms with Crippen LogP contribution in [0.3, 0.4) is 0 Å². The van der Waals surface area contributed by atoms with Crippen molar-refractivity contribution >= 4 is 29.7 Å². The first-order valence-corrected chi connectivity index (χ1v) is 8.37. The minimum Gasteiger partial charge on any atom is -0.352 e. The van der Waals surface area contributed by atoms with Crippen molar-refractivity contribution in [3.63, 3.8) is 0 Å². The van der Waals surface area contributed by atoms with Gasteiger partial charge in [-0.25, -0.2) is 0 Å². The van der Waals surface area contributed by atoms with Gasteiger partial charge < -0.3 is 15.6 Å². The van der Waals surface area contributed by atoms with Gasteiger partial charge in [-0.15, -0.1) is 12.4 Å². The average Bonchev–Trinajstić information content (AvgIpc) is 3.14. The molecular formula is C15H23ClN4O2S. The van der Waals surface area contributed by atoms with Gasteiger partial charge in [-0.3, -0.25) is 4.79 Å². The van der Waals surface area contributed by atoms with Crippen LogP contribution in [0, 0.1) is 5.92 Å². The van der Waals surface area contributed by atoms with E-state index in [1.165, 1.54) is 0 Å². The molecule has 8 heteroatoms. The monoisotopic (exact) mass is 358 g/mol. The van der Waals surface area contributed by atoms with Crippen LogP contribution in [-0.2, 0) is 11.2 Å². The molecule has 0 radical (unpaired) electrons. The fraction of sp³-hybridized carbons (Fsp3) is 0.533. The average molecular weight is 359 g/mol. The summed E-state index contributed by atoms with van der Waals surface area (Å²) in [5.41, 5.74) is 6.61. The summed E-state index contributed by atoms with van der Waals surface area (Å²) in [5.74, 6) is 1.50. The largest absolute Gasteiger partial charge is 0.352 e. The van der Waals surface area contributed by atoms with E-state index in [0.29, 0.717) is 37.0 Å². The number of aryl methyl sites for hydroxylation is 1. The highest BCUT2D eigenvalue weighted by Gasteiger charge is 2.14. The first-order chi connectivity index (χ1) is 10.6. The Hall–Kier alpha value is -1.44.